The zero-order valence-electron chi connectivity index (χ0n) is 12.6. The maximum Gasteiger partial charge on any atom is 0.223 e. The lowest BCUT2D eigenvalue weighted by atomic mass is 9.77. The van der Waals surface area contributed by atoms with Crippen molar-refractivity contribution < 1.29 is 4.79 Å². The van der Waals surface area contributed by atoms with Crippen LogP contribution in [0.25, 0.3) is 0 Å². The first-order valence-electron chi connectivity index (χ1n) is 7.25. The Bertz CT molecular complexity index is 283. The molecule has 1 aliphatic carbocycles. The van der Waals surface area contributed by atoms with E-state index in [9.17, 15) is 4.79 Å². The molecule has 106 valence electrons. The maximum atomic E-state index is 12.2. The van der Waals surface area contributed by atoms with Gasteiger partial charge >= 0.3 is 0 Å². The molecule has 0 saturated heterocycles. The number of nitrogens with two attached hydrogens (primary N) is 1. The van der Waals surface area contributed by atoms with Crippen molar-refractivity contribution in [2.45, 2.75) is 59.9 Å². The molecular weight excluding hydrogens is 224 g/mol. The summed E-state index contributed by atoms with van der Waals surface area (Å²) in [6.07, 6.45) is 2.98. The van der Waals surface area contributed by atoms with Crippen molar-refractivity contribution in [3.8, 4) is 0 Å². The van der Waals surface area contributed by atoms with Crippen molar-refractivity contribution in [3.63, 3.8) is 0 Å². The van der Waals surface area contributed by atoms with Crippen LogP contribution in [-0.2, 0) is 4.79 Å². The second-order valence-electron chi connectivity index (χ2n) is 7.17. The highest BCUT2D eigenvalue weighted by Crippen LogP contribution is 2.29. The summed E-state index contributed by atoms with van der Waals surface area (Å²) in [5.41, 5.74) is 6.21. The van der Waals surface area contributed by atoms with Crippen LogP contribution in [-0.4, -0.2) is 18.5 Å². The van der Waals surface area contributed by atoms with Crippen LogP contribution in [0.1, 0.15) is 53.9 Å². The highest BCUT2D eigenvalue weighted by atomic mass is 16.1. The van der Waals surface area contributed by atoms with Crippen LogP contribution in [0.5, 0.6) is 0 Å². The van der Waals surface area contributed by atoms with E-state index in [-0.39, 0.29) is 23.3 Å². The summed E-state index contributed by atoms with van der Waals surface area (Å²) in [6, 6.07) is 0.206. The third kappa shape index (κ3) is 4.27. The molecule has 0 spiro atoms. The molecule has 1 rings (SSSR count). The molecule has 0 heterocycles. The zero-order valence-corrected chi connectivity index (χ0v) is 12.6. The van der Waals surface area contributed by atoms with Crippen molar-refractivity contribution >= 4 is 5.91 Å². The van der Waals surface area contributed by atoms with Crippen LogP contribution in [0.2, 0.25) is 0 Å². The quantitative estimate of drug-likeness (QED) is 0.813. The molecule has 0 aromatic carbocycles. The normalized spacial score (nSPS) is 30.9. The largest absolute Gasteiger partial charge is 0.356 e. The van der Waals surface area contributed by atoms with E-state index < -0.39 is 0 Å². The van der Waals surface area contributed by atoms with Crippen LogP contribution in [0.4, 0.5) is 0 Å². The van der Waals surface area contributed by atoms with Crippen molar-refractivity contribution in [1.29, 1.82) is 0 Å². The van der Waals surface area contributed by atoms with Crippen LogP contribution in [0, 0.1) is 23.2 Å². The molecule has 1 saturated carbocycles. The number of carbonyl (C=O) groups is 1. The molecule has 0 aliphatic heterocycles. The van der Waals surface area contributed by atoms with Gasteiger partial charge in [0.1, 0.15) is 0 Å². The minimum atomic E-state index is 0.112. The predicted octanol–water partition coefficient (Wildman–Crippen LogP) is 2.55. The van der Waals surface area contributed by atoms with E-state index >= 15 is 0 Å². The molecule has 0 aromatic heterocycles. The summed E-state index contributed by atoms with van der Waals surface area (Å²) >= 11 is 0. The zero-order chi connectivity index (χ0) is 13.9. The monoisotopic (exact) mass is 254 g/mol. The third-order valence-corrected chi connectivity index (χ3v) is 4.63. The third-order valence-electron chi connectivity index (χ3n) is 4.63. The van der Waals surface area contributed by atoms with E-state index in [1.54, 1.807) is 0 Å². The number of carbonyl (C=O) groups excluding carboxylic acids is 1. The summed E-state index contributed by atoms with van der Waals surface area (Å²) in [4.78, 5) is 12.2. The van der Waals surface area contributed by atoms with Gasteiger partial charge in [-0.2, -0.15) is 0 Å². The Morgan fingerprint density at radius 2 is 2.00 bits per heavy atom. The van der Waals surface area contributed by atoms with Gasteiger partial charge in [0.25, 0.3) is 0 Å². The lowest BCUT2D eigenvalue weighted by molar-refractivity contribution is -0.128. The van der Waals surface area contributed by atoms with E-state index in [4.69, 9.17) is 5.73 Å². The first-order valence-corrected chi connectivity index (χ1v) is 7.25. The summed E-state index contributed by atoms with van der Waals surface area (Å²) in [5.74, 6) is 1.26. The Balaban J connectivity index is 2.45. The predicted molar refractivity (Wildman–Crippen MR) is 76.1 cm³/mol. The molecule has 4 unspecified atom stereocenters. The fraction of sp³-hybridized carbons (Fsp3) is 0.933. The number of rotatable bonds is 3. The minimum absolute atomic E-state index is 0.112. The second kappa shape index (κ2) is 6.05. The first kappa shape index (κ1) is 15.5. The standard InChI is InChI=1S/C15H30N2O/c1-10-6-7-12(16)8-13(10)14(18)17-9-11(2)15(3,4)5/h10-13H,6-9,16H2,1-5H3,(H,17,18). The Morgan fingerprint density at radius 3 is 2.56 bits per heavy atom. The molecule has 3 nitrogen and oxygen atoms in total. The van der Waals surface area contributed by atoms with Crippen molar-refractivity contribution in [3.05, 3.63) is 0 Å². The topological polar surface area (TPSA) is 55.1 Å². The summed E-state index contributed by atoms with van der Waals surface area (Å²) < 4.78 is 0. The van der Waals surface area contributed by atoms with Gasteiger partial charge in [-0.1, -0.05) is 34.6 Å². The molecule has 18 heavy (non-hydrogen) atoms. The number of hydrogen-bond donors (Lipinski definition) is 2. The van der Waals surface area contributed by atoms with Crippen molar-refractivity contribution in [2.75, 3.05) is 6.54 Å². The summed E-state index contributed by atoms with van der Waals surface area (Å²) in [5, 5.41) is 3.12. The van der Waals surface area contributed by atoms with E-state index in [1.807, 2.05) is 0 Å². The van der Waals surface area contributed by atoms with Crippen LogP contribution < -0.4 is 11.1 Å². The van der Waals surface area contributed by atoms with Gasteiger partial charge in [-0.3, -0.25) is 4.79 Å². The average molecular weight is 254 g/mol. The average Bonchev–Trinajstić information content (AvgIpc) is 2.27. The fourth-order valence-corrected chi connectivity index (χ4v) is 2.41. The molecular formula is C15H30N2O. The summed E-state index contributed by atoms with van der Waals surface area (Å²) in [7, 11) is 0. The molecule has 0 radical (unpaired) electrons. The second-order valence-corrected chi connectivity index (χ2v) is 7.17. The number of amides is 1. The molecule has 0 aromatic rings. The molecule has 1 amide bonds. The smallest absolute Gasteiger partial charge is 0.223 e. The Morgan fingerprint density at radius 1 is 1.39 bits per heavy atom. The Kier molecular flexibility index (Phi) is 5.20. The SMILES string of the molecule is CC1CCC(N)CC1C(=O)NCC(C)C(C)(C)C. The van der Waals surface area contributed by atoms with Gasteiger partial charge in [-0.25, -0.2) is 0 Å². The van der Waals surface area contributed by atoms with Gasteiger partial charge in [0.2, 0.25) is 5.91 Å². The van der Waals surface area contributed by atoms with Crippen LogP contribution >= 0.6 is 0 Å². The van der Waals surface area contributed by atoms with Gasteiger partial charge in [0.15, 0.2) is 0 Å². The van der Waals surface area contributed by atoms with Gasteiger partial charge in [-0.05, 0) is 36.5 Å². The van der Waals surface area contributed by atoms with Gasteiger partial charge in [0, 0.05) is 18.5 Å². The lowest BCUT2D eigenvalue weighted by Gasteiger charge is -2.33. The Hall–Kier alpha value is -0.570. The number of hydrogen-bond acceptors (Lipinski definition) is 2. The molecule has 1 aliphatic rings. The first-order chi connectivity index (χ1) is 8.21. The van der Waals surface area contributed by atoms with Gasteiger partial charge in [0.05, 0.1) is 0 Å². The Labute approximate surface area is 112 Å². The van der Waals surface area contributed by atoms with Crippen molar-refractivity contribution in [2.24, 2.45) is 28.9 Å². The van der Waals surface area contributed by atoms with Crippen LogP contribution in [0.15, 0.2) is 0 Å². The fourth-order valence-electron chi connectivity index (χ4n) is 2.41. The van der Waals surface area contributed by atoms with Gasteiger partial charge in [-0.15, -0.1) is 0 Å². The highest BCUT2D eigenvalue weighted by molar-refractivity contribution is 5.79. The maximum absolute atomic E-state index is 12.2. The molecule has 4 atom stereocenters. The van der Waals surface area contributed by atoms with E-state index in [2.05, 4.69) is 39.9 Å². The van der Waals surface area contributed by atoms with E-state index in [0.29, 0.717) is 11.8 Å². The van der Waals surface area contributed by atoms with E-state index in [0.717, 1.165) is 25.8 Å². The number of nitrogens with one attached hydrogen (secondary N) is 1. The molecule has 3 N–H and O–H groups in total. The van der Waals surface area contributed by atoms with Crippen molar-refractivity contribution in [1.82, 2.24) is 5.32 Å². The lowest BCUT2D eigenvalue weighted by Crippen LogP contribution is -2.43. The molecule has 1 fully saturated rings. The van der Waals surface area contributed by atoms with Gasteiger partial charge < -0.3 is 11.1 Å². The summed E-state index contributed by atoms with van der Waals surface area (Å²) in [6.45, 7) is 11.8. The molecule has 3 heteroatoms. The highest BCUT2D eigenvalue weighted by Gasteiger charge is 2.31. The molecule has 0 bridgehead atoms. The van der Waals surface area contributed by atoms with E-state index in [1.165, 1.54) is 0 Å². The minimum Gasteiger partial charge on any atom is -0.356 e. The van der Waals surface area contributed by atoms with Crippen LogP contribution in [0.3, 0.4) is 0 Å².